The van der Waals surface area contributed by atoms with Crippen molar-refractivity contribution in [3.63, 3.8) is 0 Å². The van der Waals surface area contributed by atoms with Crippen LogP contribution in [0.3, 0.4) is 0 Å². The average molecular weight is 428 g/mol. The molecule has 0 radical (unpaired) electrons. The number of hydrogen-bond acceptors (Lipinski definition) is 5. The summed E-state index contributed by atoms with van der Waals surface area (Å²) in [4.78, 5) is 28.0. The lowest BCUT2D eigenvalue weighted by molar-refractivity contribution is -0.128. The molecule has 30 heavy (non-hydrogen) atoms. The number of primary amides is 1. The zero-order valence-corrected chi connectivity index (χ0v) is 18.0. The second-order valence-electron chi connectivity index (χ2n) is 8.57. The first-order chi connectivity index (χ1) is 14.5. The van der Waals surface area contributed by atoms with E-state index in [9.17, 15) is 9.59 Å². The van der Waals surface area contributed by atoms with Gasteiger partial charge >= 0.3 is 6.09 Å². The highest BCUT2D eigenvalue weighted by atomic mass is 32.1. The van der Waals surface area contributed by atoms with Gasteiger partial charge in [-0.1, -0.05) is 12.1 Å². The van der Waals surface area contributed by atoms with Gasteiger partial charge in [-0.25, -0.2) is 4.79 Å². The number of carbonyl (C=O) groups excluding carboxylic acids is 2. The minimum atomic E-state index is -0.822. The molecule has 2 amide bonds. The van der Waals surface area contributed by atoms with Gasteiger partial charge < -0.3 is 20.3 Å². The second-order valence-corrected chi connectivity index (χ2v) is 9.35. The minimum Gasteiger partial charge on any atom is -0.411 e. The van der Waals surface area contributed by atoms with Gasteiger partial charge in [0, 0.05) is 19.5 Å². The van der Waals surface area contributed by atoms with Crippen LogP contribution in [0.4, 0.5) is 4.79 Å². The fourth-order valence-corrected chi connectivity index (χ4v) is 5.36. The van der Waals surface area contributed by atoms with Crippen molar-refractivity contribution in [2.75, 3.05) is 26.2 Å². The predicted octanol–water partition coefficient (Wildman–Crippen LogP) is 3.65. The smallest absolute Gasteiger partial charge is 0.409 e. The molecule has 1 spiro atoms. The summed E-state index contributed by atoms with van der Waals surface area (Å²) in [5.74, 6) is 0.667. The quantitative estimate of drug-likeness (QED) is 0.732. The van der Waals surface area contributed by atoms with Gasteiger partial charge in [0.05, 0.1) is 0 Å². The van der Waals surface area contributed by atoms with E-state index in [1.807, 2.05) is 17.0 Å². The third-order valence-corrected chi connectivity index (χ3v) is 7.09. The summed E-state index contributed by atoms with van der Waals surface area (Å²) in [5, 5.41) is 4.38. The van der Waals surface area contributed by atoms with E-state index in [1.165, 1.54) is 12.0 Å². The number of nitrogens with zero attached hydrogens (tertiary/aromatic N) is 2. The molecule has 0 bridgehead atoms. The molecule has 2 aliphatic heterocycles. The van der Waals surface area contributed by atoms with Crippen molar-refractivity contribution in [1.29, 1.82) is 0 Å². The number of ether oxygens (including phenoxy) is 1. The van der Waals surface area contributed by atoms with Gasteiger partial charge in [0.1, 0.15) is 5.75 Å². The topological polar surface area (TPSA) is 75.9 Å². The molecule has 7 heteroatoms. The molecule has 0 atom stereocenters. The van der Waals surface area contributed by atoms with E-state index in [0.717, 1.165) is 51.0 Å². The van der Waals surface area contributed by atoms with Crippen molar-refractivity contribution in [2.24, 2.45) is 11.1 Å². The number of carbonyl (C=O) groups is 2. The molecule has 0 aliphatic carbocycles. The standard InChI is InChI=1S/C23H29N3O3S/c24-22(28)29-20-5-3-18(4-6-20)15-26-17-23(14-21(26)27)8-11-25(12-9-23)10-1-2-19-7-13-30-16-19/h3-7,13,16H,1-2,8-12,14-15,17H2,(H2,24,28). The van der Waals surface area contributed by atoms with Crippen molar-refractivity contribution in [3.8, 4) is 5.75 Å². The Kier molecular flexibility index (Phi) is 6.39. The molecule has 1 aromatic heterocycles. The first-order valence-electron chi connectivity index (χ1n) is 10.6. The Hall–Kier alpha value is -2.38. The molecule has 0 saturated carbocycles. The monoisotopic (exact) mass is 427 g/mol. The van der Waals surface area contributed by atoms with E-state index in [1.54, 1.807) is 23.5 Å². The summed E-state index contributed by atoms with van der Waals surface area (Å²) in [7, 11) is 0. The van der Waals surface area contributed by atoms with Gasteiger partial charge in [0.15, 0.2) is 0 Å². The number of piperidine rings is 1. The van der Waals surface area contributed by atoms with Crippen molar-refractivity contribution in [1.82, 2.24) is 9.80 Å². The minimum absolute atomic E-state index is 0.135. The molecule has 2 fully saturated rings. The van der Waals surface area contributed by atoms with E-state index in [2.05, 4.69) is 21.7 Å². The Morgan fingerprint density at radius 1 is 1.13 bits per heavy atom. The maximum Gasteiger partial charge on any atom is 0.409 e. The lowest BCUT2D eigenvalue weighted by Gasteiger charge is -2.38. The summed E-state index contributed by atoms with van der Waals surface area (Å²) in [6.07, 6.45) is 4.39. The van der Waals surface area contributed by atoms with Crippen LogP contribution >= 0.6 is 11.3 Å². The Morgan fingerprint density at radius 3 is 2.57 bits per heavy atom. The number of hydrogen-bond donors (Lipinski definition) is 1. The molecule has 6 nitrogen and oxygen atoms in total. The maximum atomic E-state index is 12.7. The third-order valence-electron chi connectivity index (χ3n) is 6.36. The van der Waals surface area contributed by atoms with Crippen molar-refractivity contribution in [3.05, 3.63) is 52.2 Å². The van der Waals surface area contributed by atoms with Gasteiger partial charge in [-0.3, -0.25) is 4.79 Å². The number of benzene rings is 1. The molecule has 2 aliphatic rings. The Morgan fingerprint density at radius 2 is 1.90 bits per heavy atom. The largest absolute Gasteiger partial charge is 0.411 e. The highest BCUT2D eigenvalue weighted by Crippen LogP contribution is 2.41. The number of aryl methyl sites for hydroxylation is 1. The van der Waals surface area contributed by atoms with Crippen LogP contribution in [0.15, 0.2) is 41.1 Å². The van der Waals surface area contributed by atoms with Gasteiger partial charge in [-0.05, 0) is 90.8 Å². The molecule has 4 rings (SSSR count). The van der Waals surface area contributed by atoms with E-state index in [4.69, 9.17) is 10.5 Å². The zero-order valence-electron chi connectivity index (χ0n) is 17.2. The van der Waals surface area contributed by atoms with E-state index in [0.29, 0.717) is 18.7 Å². The lowest BCUT2D eigenvalue weighted by Crippen LogP contribution is -2.41. The van der Waals surface area contributed by atoms with Crippen LogP contribution in [0.5, 0.6) is 5.75 Å². The molecule has 2 N–H and O–H groups in total. The molecule has 2 aromatic rings. The Labute approximate surface area is 181 Å². The van der Waals surface area contributed by atoms with Gasteiger partial charge in [0.2, 0.25) is 5.91 Å². The molecule has 2 saturated heterocycles. The van der Waals surface area contributed by atoms with Crippen molar-refractivity contribution in [2.45, 2.75) is 38.6 Å². The molecule has 160 valence electrons. The summed E-state index contributed by atoms with van der Waals surface area (Å²) < 4.78 is 4.86. The zero-order chi connectivity index (χ0) is 21.0. The highest BCUT2D eigenvalue weighted by Gasteiger charge is 2.44. The van der Waals surface area contributed by atoms with E-state index >= 15 is 0 Å². The SMILES string of the molecule is NC(=O)Oc1ccc(CN2CC3(CCN(CCCc4ccsc4)CC3)CC2=O)cc1. The van der Waals surface area contributed by atoms with Crippen LogP contribution in [0.2, 0.25) is 0 Å². The van der Waals surface area contributed by atoms with Crippen molar-refractivity contribution >= 4 is 23.3 Å². The van der Waals surface area contributed by atoms with Crippen LogP contribution < -0.4 is 10.5 Å². The summed E-state index contributed by atoms with van der Waals surface area (Å²) in [5.41, 5.74) is 7.64. The van der Waals surface area contributed by atoms with E-state index < -0.39 is 6.09 Å². The van der Waals surface area contributed by atoms with Crippen LogP contribution in [0.25, 0.3) is 0 Å². The van der Waals surface area contributed by atoms with E-state index in [-0.39, 0.29) is 11.3 Å². The first-order valence-corrected chi connectivity index (χ1v) is 11.5. The van der Waals surface area contributed by atoms with Crippen molar-refractivity contribution < 1.29 is 14.3 Å². The maximum absolute atomic E-state index is 12.7. The summed E-state index contributed by atoms with van der Waals surface area (Å²) >= 11 is 1.77. The van der Waals surface area contributed by atoms with Crippen LogP contribution in [0.1, 0.15) is 36.8 Å². The van der Waals surface area contributed by atoms with Gasteiger partial charge in [-0.2, -0.15) is 11.3 Å². The number of likely N-dealkylation sites (tertiary alicyclic amines) is 2. The van der Waals surface area contributed by atoms with Crippen LogP contribution in [0, 0.1) is 5.41 Å². The average Bonchev–Trinajstić information content (AvgIpc) is 3.33. The highest BCUT2D eigenvalue weighted by molar-refractivity contribution is 7.07. The lowest BCUT2D eigenvalue weighted by atomic mass is 9.77. The fraction of sp³-hybridized carbons (Fsp3) is 0.478. The van der Waals surface area contributed by atoms with Crippen LogP contribution in [-0.2, 0) is 17.8 Å². The number of nitrogens with two attached hydrogens (primary N) is 1. The summed E-state index contributed by atoms with van der Waals surface area (Å²) in [6, 6.07) is 9.40. The number of amides is 2. The first kappa shape index (κ1) is 20.9. The number of rotatable bonds is 7. The summed E-state index contributed by atoms with van der Waals surface area (Å²) in [6.45, 7) is 4.76. The van der Waals surface area contributed by atoms with Gasteiger partial charge in [0.25, 0.3) is 0 Å². The molecular weight excluding hydrogens is 398 g/mol. The fourth-order valence-electron chi connectivity index (χ4n) is 4.65. The normalized spacial score (nSPS) is 18.8. The molecule has 3 heterocycles. The number of thiophene rings is 1. The molecular formula is C23H29N3O3S. The third kappa shape index (κ3) is 5.21. The van der Waals surface area contributed by atoms with Gasteiger partial charge in [-0.15, -0.1) is 0 Å². The molecule has 0 unspecified atom stereocenters. The second kappa shape index (κ2) is 9.18. The van der Waals surface area contributed by atoms with Crippen LogP contribution in [-0.4, -0.2) is 48.0 Å². The predicted molar refractivity (Wildman–Crippen MR) is 117 cm³/mol. The Bertz CT molecular complexity index is 858. The Balaban J connectivity index is 1.24. The molecule has 1 aromatic carbocycles.